The topological polar surface area (TPSA) is 40.5 Å². The van der Waals surface area contributed by atoms with E-state index in [0.29, 0.717) is 5.75 Å². The minimum atomic E-state index is -0.257. The number of phenolic OH excluding ortho intramolecular Hbond substituents is 2. The Morgan fingerprint density at radius 1 is 0.564 bits per heavy atom. The van der Waals surface area contributed by atoms with Crippen LogP contribution in [0.5, 0.6) is 11.5 Å². The fourth-order valence-corrected chi connectivity index (χ4v) is 5.81. The van der Waals surface area contributed by atoms with Gasteiger partial charge in [0.1, 0.15) is 11.5 Å². The first-order chi connectivity index (χ1) is 18.5. The van der Waals surface area contributed by atoms with Gasteiger partial charge in [-0.25, -0.2) is 0 Å². The molecule has 0 aliphatic heterocycles. The maximum absolute atomic E-state index is 11.2. The van der Waals surface area contributed by atoms with Crippen LogP contribution in [-0.4, -0.2) is 10.2 Å². The highest BCUT2D eigenvalue weighted by Gasteiger charge is 2.28. The average molecular weight is 515 g/mol. The molecule has 2 N–H and O–H groups in total. The molecule has 39 heavy (non-hydrogen) atoms. The van der Waals surface area contributed by atoms with Gasteiger partial charge in [0, 0.05) is 22.3 Å². The second-order valence-electron chi connectivity index (χ2n) is 11.9. The smallest absolute Gasteiger partial charge is 0.122 e. The Bertz CT molecular complexity index is 1620. The number of rotatable bonds is 6. The first kappa shape index (κ1) is 26.6. The molecule has 0 heterocycles. The molecule has 2 heteroatoms. The van der Waals surface area contributed by atoms with Gasteiger partial charge in [-0.15, -0.1) is 0 Å². The number of hydrogen-bond acceptors (Lipinski definition) is 2. The highest BCUT2D eigenvalue weighted by Crippen LogP contribution is 2.42. The van der Waals surface area contributed by atoms with Gasteiger partial charge in [-0.1, -0.05) is 126 Å². The Morgan fingerprint density at radius 2 is 1.08 bits per heavy atom. The molecule has 1 unspecified atom stereocenters. The zero-order valence-electron chi connectivity index (χ0n) is 23.8. The first-order valence-corrected chi connectivity index (χ1v) is 13.7. The van der Waals surface area contributed by atoms with Gasteiger partial charge in [0.05, 0.1) is 0 Å². The molecular formula is C37H38O2. The van der Waals surface area contributed by atoms with E-state index in [9.17, 15) is 10.2 Å². The van der Waals surface area contributed by atoms with Crippen molar-refractivity contribution in [3.05, 3.63) is 142 Å². The van der Waals surface area contributed by atoms with Crippen LogP contribution in [0.25, 0.3) is 10.8 Å². The van der Waals surface area contributed by atoms with Crippen molar-refractivity contribution in [2.45, 2.75) is 58.3 Å². The summed E-state index contributed by atoms with van der Waals surface area (Å²) in [7, 11) is 0. The normalized spacial score (nSPS) is 13.0. The third-order valence-corrected chi connectivity index (χ3v) is 8.73. The van der Waals surface area contributed by atoms with E-state index >= 15 is 0 Å². The largest absolute Gasteiger partial charge is 0.508 e. The Hall–Kier alpha value is -4.04. The lowest BCUT2D eigenvalue weighted by Crippen LogP contribution is -2.22. The number of hydrogen-bond donors (Lipinski definition) is 2. The molecule has 0 amide bonds. The molecule has 0 saturated heterocycles. The summed E-state index contributed by atoms with van der Waals surface area (Å²) in [5.41, 5.74) is 7.42. The summed E-state index contributed by atoms with van der Waals surface area (Å²) in [5, 5.41) is 23.3. The maximum atomic E-state index is 11.2. The van der Waals surface area contributed by atoms with Gasteiger partial charge in [-0.05, 0) is 63.2 Å². The third kappa shape index (κ3) is 4.81. The molecule has 1 atom stereocenters. The van der Waals surface area contributed by atoms with Crippen LogP contribution in [0.3, 0.4) is 0 Å². The number of aryl methyl sites for hydroxylation is 1. The minimum Gasteiger partial charge on any atom is -0.508 e. The Balaban J connectivity index is 1.52. The molecule has 0 aromatic heterocycles. The molecule has 0 aliphatic rings. The highest BCUT2D eigenvalue weighted by molar-refractivity contribution is 5.86. The maximum Gasteiger partial charge on any atom is 0.122 e. The first-order valence-electron chi connectivity index (χ1n) is 13.7. The zero-order chi connectivity index (χ0) is 27.9. The molecule has 0 spiro atoms. The molecule has 0 aliphatic carbocycles. The average Bonchev–Trinajstić information content (AvgIpc) is 2.94. The number of aromatic hydroxyl groups is 2. The molecule has 5 aromatic rings. The Labute approximate surface area is 232 Å². The van der Waals surface area contributed by atoms with Crippen LogP contribution in [0.1, 0.15) is 79.5 Å². The standard InChI is InChI=1S/C37H38O2/c1-24-22-30(23-34(35(24)39)25(2)32-13-9-11-26-10-7-8-12-33(26)32)37(5,6)28-16-14-27(15-17-28)36(3,4)29-18-20-31(38)21-19-29/h7-23,25,38-39H,1-6H3. The van der Waals surface area contributed by atoms with Crippen LogP contribution in [0.4, 0.5) is 0 Å². The van der Waals surface area contributed by atoms with E-state index in [2.05, 4.69) is 113 Å². The fraction of sp³-hybridized carbons (Fsp3) is 0.243. The molecule has 0 saturated carbocycles. The third-order valence-electron chi connectivity index (χ3n) is 8.73. The van der Waals surface area contributed by atoms with Crippen LogP contribution in [0.15, 0.2) is 103 Å². The molecule has 198 valence electrons. The van der Waals surface area contributed by atoms with Crippen LogP contribution >= 0.6 is 0 Å². The van der Waals surface area contributed by atoms with E-state index in [4.69, 9.17) is 0 Å². The summed E-state index contributed by atoms with van der Waals surface area (Å²) in [5.74, 6) is 0.699. The molecule has 5 aromatic carbocycles. The Kier molecular flexibility index (Phi) is 6.76. The van der Waals surface area contributed by atoms with E-state index in [0.717, 1.165) is 16.7 Å². The van der Waals surface area contributed by atoms with E-state index in [1.165, 1.54) is 33.0 Å². The lowest BCUT2D eigenvalue weighted by atomic mass is 9.73. The summed E-state index contributed by atoms with van der Waals surface area (Å²) >= 11 is 0. The van der Waals surface area contributed by atoms with Gasteiger partial charge >= 0.3 is 0 Å². The number of benzene rings is 5. The second-order valence-corrected chi connectivity index (χ2v) is 11.9. The van der Waals surface area contributed by atoms with Crippen LogP contribution in [0, 0.1) is 6.92 Å². The van der Waals surface area contributed by atoms with E-state index < -0.39 is 0 Å². The van der Waals surface area contributed by atoms with Crippen molar-refractivity contribution in [2.75, 3.05) is 0 Å². The summed E-state index contributed by atoms with van der Waals surface area (Å²) < 4.78 is 0. The predicted molar refractivity (Wildman–Crippen MR) is 163 cm³/mol. The van der Waals surface area contributed by atoms with Gasteiger partial charge in [-0.2, -0.15) is 0 Å². The molecule has 0 bridgehead atoms. The van der Waals surface area contributed by atoms with Crippen molar-refractivity contribution in [3.63, 3.8) is 0 Å². The number of phenols is 2. The monoisotopic (exact) mass is 514 g/mol. The van der Waals surface area contributed by atoms with Crippen molar-refractivity contribution in [1.82, 2.24) is 0 Å². The van der Waals surface area contributed by atoms with Crippen LogP contribution in [0.2, 0.25) is 0 Å². The lowest BCUT2D eigenvalue weighted by Gasteiger charge is -2.31. The van der Waals surface area contributed by atoms with Gasteiger partial charge < -0.3 is 10.2 Å². The van der Waals surface area contributed by atoms with Crippen molar-refractivity contribution in [2.24, 2.45) is 0 Å². The quantitative estimate of drug-likeness (QED) is 0.237. The van der Waals surface area contributed by atoms with Crippen LogP contribution < -0.4 is 0 Å². The van der Waals surface area contributed by atoms with Gasteiger partial charge in [0.25, 0.3) is 0 Å². The summed E-state index contributed by atoms with van der Waals surface area (Å²) in [4.78, 5) is 0. The fourth-order valence-electron chi connectivity index (χ4n) is 5.81. The lowest BCUT2D eigenvalue weighted by molar-refractivity contribution is 0.460. The van der Waals surface area contributed by atoms with E-state index in [-0.39, 0.29) is 22.5 Å². The van der Waals surface area contributed by atoms with Gasteiger partial charge in [0.15, 0.2) is 0 Å². The van der Waals surface area contributed by atoms with Gasteiger partial charge in [-0.3, -0.25) is 0 Å². The number of fused-ring (bicyclic) bond motifs is 1. The van der Waals surface area contributed by atoms with Crippen molar-refractivity contribution in [1.29, 1.82) is 0 Å². The molecule has 0 radical (unpaired) electrons. The Morgan fingerprint density at radius 3 is 1.69 bits per heavy atom. The molecule has 2 nitrogen and oxygen atoms in total. The van der Waals surface area contributed by atoms with Gasteiger partial charge in [0.2, 0.25) is 0 Å². The molecule has 0 fully saturated rings. The second kappa shape index (κ2) is 9.93. The summed E-state index contributed by atoms with van der Waals surface area (Å²) in [6, 6.07) is 35.6. The summed E-state index contributed by atoms with van der Waals surface area (Å²) in [6.07, 6.45) is 0. The highest BCUT2D eigenvalue weighted by atomic mass is 16.3. The summed E-state index contributed by atoms with van der Waals surface area (Å²) in [6.45, 7) is 13.1. The molecule has 5 rings (SSSR count). The predicted octanol–water partition coefficient (Wildman–Crippen LogP) is 9.36. The molecular weight excluding hydrogens is 476 g/mol. The van der Waals surface area contributed by atoms with Crippen molar-refractivity contribution in [3.8, 4) is 11.5 Å². The minimum absolute atomic E-state index is 0.0408. The van der Waals surface area contributed by atoms with Crippen LogP contribution in [-0.2, 0) is 10.8 Å². The van der Waals surface area contributed by atoms with E-state index in [1.807, 2.05) is 19.1 Å². The van der Waals surface area contributed by atoms with E-state index in [1.54, 1.807) is 12.1 Å². The van der Waals surface area contributed by atoms with Crippen molar-refractivity contribution >= 4 is 10.8 Å². The SMILES string of the molecule is Cc1cc(C(C)(C)c2ccc(C(C)(C)c3ccc(O)cc3)cc2)cc(C(C)c2cccc3ccccc23)c1O. The van der Waals surface area contributed by atoms with Crippen molar-refractivity contribution < 1.29 is 10.2 Å². The zero-order valence-corrected chi connectivity index (χ0v) is 23.8.